The monoisotopic (exact) mass is 526 g/mol. The number of Topliss-reactive ketones (excluding diaryl/α,β-unsaturated/α-hetero) is 2. The fourth-order valence-electron chi connectivity index (χ4n) is 3.89. The molecule has 0 bridgehead atoms. The van der Waals surface area contributed by atoms with E-state index in [-0.39, 0.29) is 48.8 Å². The Morgan fingerprint density at radius 1 is 1.18 bits per heavy atom. The van der Waals surface area contributed by atoms with Gasteiger partial charge in [0.2, 0.25) is 0 Å². The van der Waals surface area contributed by atoms with E-state index >= 15 is 0 Å². The third-order valence-corrected chi connectivity index (χ3v) is 5.95. The first-order chi connectivity index (χ1) is 18.1. The van der Waals surface area contributed by atoms with E-state index < -0.39 is 23.5 Å². The predicted molar refractivity (Wildman–Crippen MR) is 143 cm³/mol. The number of aromatic nitrogens is 3. The van der Waals surface area contributed by atoms with Crippen LogP contribution in [0.5, 0.6) is 0 Å². The highest BCUT2D eigenvalue weighted by Gasteiger charge is 2.23. The molecule has 1 N–H and O–H groups in total. The summed E-state index contributed by atoms with van der Waals surface area (Å²) in [5.41, 5.74) is 0.120. The fraction of sp³-hybridized carbons (Fsp3) is 0.500. The maximum atomic E-state index is 13.3. The number of hydrogen-bond acceptors (Lipinski definition) is 7. The number of rotatable bonds is 16. The largest absolute Gasteiger partial charge is 0.463 e. The van der Waals surface area contributed by atoms with Crippen LogP contribution >= 0.6 is 0 Å². The van der Waals surface area contributed by atoms with Crippen molar-refractivity contribution in [1.29, 1.82) is 0 Å². The Balaban J connectivity index is 2.12. The molecular formula is C28H38N4O6. The standard InChI is InChI=1S/C28H38N4O6/c1-5-38-26(35)14-7-6-13-23(30-27(36)24-17-29-19-31(24)4)25(34)16-21-11-9-15-32(28(21)37)18-22(33)12-8-10-20(2)3/h7,9,11,14-15,17,19-20,23H,5-6,8,10,12-13,16,18H2,1-4H3,(H,30,36)/b14-7+/t23-/m0/s1. The van der Waals surface area contributed by atoms with Crippen molar-refractivity contribution in [3.63, 3.8) is 0 Å². The molecule has 0 spiro atoms. The van der Waals surface area contributed by atoms with Gasteiger partial charge in [-0.25, -0.2) is 9.78 Å². The van der Waals surface area contributed by atoms with Gasteiger partial charge in [0.15, 0.2) is 11.6 Å². The van der Waals surface area contributed by atoms with Gasteiger partial charge < -0.3 is 19.2 Å². The number of nitrogens with zero attached hydrogens (tertiary/aromatic N) is 3. The van der Waals surface area contributed by atoms with Crippen molar-refractivity contribution >= 4 is 23.4 Å². The summed E-state index contributed by atoms with van der Waals surface area (Å²) in [5, 5.41) is 2.73. The molecule has 1 amide bonds. The quantitative estimate of drug-likeness (QED) is 0.263. The van der Waals surface area contributed by atoms with E-state index in [2.05, 4.69) is 24.1 Å². The zero-order chi connectivity index (χ0) is 28.1. The molecule has 2 aromatic rings. The minimum Gasteiger partial charge on any atom is -0.463 e. The van der Waals surface area contributed by atoms with Crippen molar-refractivity contribution in [2.45, 2.75) is 71.9 Å². The summed E-state index contributed by atoms with van der Waals surface area (Å²) in [5.74, 6) is -0.853. The molecule has 2 aromatic heterocycles. The number of hydrogen-bond donors (Lipinski definition) is 1. The predicted octanol–water partition coefficient (Wildman–Crippen LogP) is 2.79. The molecular weight excluding hydrogens is 488 g/mol. The van der Waals surface area contributed by atoms with E-state index in [0.29, 0.717) is 18.8 Å². The Morgan fingerprint density at radius 2 is 1.95 bits per heavy atom. The number of ketones is 2. The van der Waals surface area contributed by atoms with Crippen molar-refractivity contribution in [2.24, 2.45) is 13.0 Å². The molecule has 2 rings (SSSR count). The van der Waals surface area contributed by atoms with Gasteiger partial charge in [-0.15, -0.1) is 0 Å². The lowest BCUT2D eigenvalue weighted by molar-refractivity contribution is -0.137. The molecule has 0 aliphatic heterocycles. The van der Waals surface area contributed by atoms with E-state index in [1.807, 2.05) is 0 Å². The number of carbonyl (C=O) groups is 4. The number of ether oxygens (including phenoxy) is 1. The van der Waals surface area contributed by atoms with Crippen LogP contribution in [0.2, 0.25) is 0 Å². The number of aryl methyl sites for hydroxylation is 1. The summed E-state index contributed by atoms with van der Waals surface area (Å²) in [6.07, 6.45) is 9.71. The first kappa shape index (κ1) is 30.4. The summed E-state index contributed by atoms with van der Waals surface area (Å²) in [6.45, 7) is 6.10. The van der Waals surface area contributed by atoms with E-state index in [1.165, 1.54) is 27.7 Å². The normalized spacial score (nSPS) is 12.0. The Morgan fingerprint density at radius 3 is 2.61 bits per heavy atom. The second kappa shape index (κ2) is 15.4. The molecule has 0 radical (unpaired) electrons. The molecule has 10 heteroatoms. The van der Waals surface area contributed by atoms with Gasteiger partial charge in [0, 0.05) is 37.7 Å². The van der Waals surface area contributed by atoms with E-state index in [0.717, 1.165) is 12.8 Å². The van der Waals surface area contributed by atoms with Crippen LogP contribution < -0.4 is 10.9 Å². The number of pyridine rings is 1. The molecule has 38 heavy (non-hydrogen) atoms. The van der Waals surface area contributed by atoms with E-state index in [1.54, 1.807) is 38.4 Å². The minimum absolute atomic E-state index is 0.0362. The van der Waals surface area contributed by atoms with Crippen molar-refractivity contribution in [2.75, 3.05) is 6.61 Å². The molecule has 0 aromatic carbocycles. The third-order valence-electron chi connectivity index (χ3n) is 5.95. The smallest absolute Gasteiger partial charge is 0.330 e. The average Bonchev–Trinajstić information content (AvgIpc) is 3.29. The van der Waals surface area contributed by atoms with E-state index in [4.69, 9.17) is 4.74 Å². The van der Waals surface area contributed by atoms with Crippen LogP contribution in [0.3, 0.4) is 0 Å². The van der Waals surface area contributed by atoms with Crippen LogP contribution in [-0.2, 0) is 39.1 Å². The molecule has 0 saturated heterocycles. The van der Waals surface area contributed by atoms with Crippen LogP contribution in [0, 0.1) is 5.92 Å². The van der Waals surface area contributed by atoms with Crippen molar-refractivity contribution in [3.05, 3.63) is 64.6 Å². The van der Waals surface area contributed by atoms with Gasteiger partial charge in [-0.2, -0.15) is 0 Å². The highest BCUT2D eigenvalue weighted by atomic mass is 16.5. The molecule has 2 heterocycles. The van der Waals surface area contributed by atoms with Gasteiger partial charge in [-0.05, 0) is 38.2 Å². The zero-order valence-corrected chi connectivity index (χ0v) is 22.6. The zero-order valence-electron chi connectivity index (χ0n) is 22.6. The summed E-state index contributed by atoms with van der Waals surface area (Å²) < 4.78 is 7.71. The summed E-state index contributed by atoms with van der Waals surface area (Å²) in [4.78, 5) is 66.9. The SMILES string of the molecule is CCOC(=O)/C=C/CC[C@H](NC(=O)c1cncn1C)C(=O)Cc1cccn(CC(=O)CCCC(C)C)c1=O. The number of imidazole rings is 1. The average molecular weight is 527 g/mol. The van der Waals surface area contributed by atoms with E-state index in [9.17, 15) is 24.0 Å². The highest BCUT2D eigenvalue weighted by molar-refractivity contribution is 5.97. The third kappa shape index (κ3) is 9.91. The number of nitrogens with one attached hydrogen (secondary N) is 1. The number of amides is 1. The second-order valence-corrected chi connectivity index (χ2v) is 9.58. The lowest BCUT2D eigenvalue weighted by Crippen LogP contribution is -2.42. The van der Waals surface area contributed by atoms with Gasteiger partial charge in [0.25, 0.3) is 11.5 Å². The molecule has 1 atom stereocenters. The Kier molecular flexibility index (Phi) is 12.4. The summed E-state index contributed by atoms with van der Waals surface area (Å²) in [7, 11) is 1.66. The topological polar surface area (TPSA) is 129 Å². The molecule has 0 fully saturated rings. The van der Waals surface area contributed by atoms with Crippen LogP contribution in [0.15, 0.2) is 47.8 Å². The summed E-state index contributed by atoms with van der Waals surface area (Å²) >= 11 is 0. The molecule has 0 aliphatic carbocycles. The minimum atomic E-state index is -0.907. The summed E-state index contributed by atoms with van der Waals surface area (Å²) in [6, 6.07) is 2.28. The van der Waals surface area contributed by atoms with Crippen molar-refractivity contribution in [1.82, 2.24) is 19.4 Å². The van der Waals surface area contributed by atoms with Gasteiger partial charge in [-0.3, -0.25) is 19.2 Å². The first-order valence-electron chi connectivity index (χ1n) is 13.0. The van der Waals surface area contributed by atoms with Crippen LogP contribution in [-0.4, -0.2) is 50.2 Å². The Hall–Kier alpha value is -3.82. The lowest BCUT2D eigenvalue weighted by atomic mass is 10.00. The number of allylic oxidation sites excluding steroid dienone is 1. The van der Waals surface area contributed by atoms with Gasteiger partial charge in [-0.1, -0.05) is 32.4 Å². The Labute approximate surface area is 223 Å². The highest BCUT2D eigenvalue weighted by Crippen LogP contribution is 2.09. The number of esters is 1. The van der Waals surface area contributed by atoms with Crippen molar-refractivity contribution in [3.8, 4) is 0 Å². The lowest BCUT2D eigenvalue weighted by Gasteiger charge is -2.17. The van der Waals surface area contributed by atoms with Crippen LogP contribution in [0.1, 0.15) is 68.9 Å². The molecule has 0 unspecified atom stereocenters. The molecule has 0 saturated carbocycles. The van der Waals surface area contributed by atoms with Gasteiger partial charge >= 0.3 is 5.97 Å². The second-order valence-electron chi connectivity index (χ2n) is 9.58. The molecule has 206 valence electrons. The number of carbonyl (C=O) groups excluding carboxylic acids is 4. The fourth-order valence-corrected chi connectivity index (χ4v) is 3.89. The van der Waals surface area contributed by atoms with Crippen LogP contribution in [0.25, 0.3) is 0 Å². The van der Waals surface area contributed by atoms with Gasteiger partial charge in [0.1, 0.15) is 5.69 Å². The first-order valence-corrected chi connectivity index (χ1v) is 13.0. The maximum absolute atomic E-state index is 13.3. The maximum Gasteiger partial charge on any atom is 0.330 e. The Bertz CT molecular complexity index is 1190. The van der Waals surface area contributed by atoms with Crippen molar-refractivity contribution < 1.29 is 23.9 Å². The molecule has 10 nitrogen and oxygen atoms in total. The molecule has 0 aliphatic rings. The van der Waals surface area contributed by atoms with Crippen LogP contribution in [0.4, 0.5) is 0 Å². The van der Waals surface area contributed by atoms with Gasteiger partial charge in [0.05, 0.1) is 31.7 Å².